The highest BCUT2D eigenvalue weighted by Crippen LogP contribution is 2.31. The van der Waals surface area contributed by atoms with Crippen LogP contribution in [-0.2, 0) is 17.4 Å². The van der Waals surface area contributed by atoms with E-state index in [4.69, 9.17) is 5.73 Å². The average molecular weight is 217 g/mol. The lowest BCUT2D eigenvalue weighted by atomic mass is 10.0. The van der Waals surface area contributed by atoms with Gasteiger partial charge in [-0.05, 0) is 11.6 Å². The second-order valence-electron chi connectivity index (χ2n) is 3.07. The van der Waals surface area contributed by atoms with E-state index in [1.165, 1.54) is 18.2 Å². The molecule has 5 heteroatoms. The van der Waals surface area contributed by atoms with Crippen LogP contribution in [0.15, 0.2) is 24.3 Å². The number of nitrogens with two attached hydrogens (primary N) is 1. The number of ketones is 1. The maximum absolute atomic E-state index is 12.5. The lowest BCUT2D eigenvalue weighted by molar-refractivity contribution is -0.138. The Labute approximate surface area is 84.9 Å². The van der Waals surface area contributed by atoms with E-state index in [9.17, 15) is 18.0 Å². The smallest absolute Gasteiger partial charge is 0.324 e. The number of rotatable bonds is 3. The standard InChI is InChI=1S/C10H10F3NO/c11-10(12,13)9-4-2-1-3-7(9)5-8(15)6-14/h1-4H,5-6,14H2. The number of benzene rings is 1. The van der Waals surface area contributed by atoms with Crippen LogP contribution in [0.5, 0.6) is 0 Å². The highest BCUT2D eigenvalue weighted by molar-refractivity contribution is 5.82. The molecule has 1 aromatic carbocycles. The quantitative estimate of drug-likeness (QED) is 0.838. The fraction of sp³-hybridized carbons (Fsp3) is 0.300. The van der Waals surface area contributed by atoms with E-state index >= 15 is 0 Å². The molecule has 0 fully saturated rings. The van der Waals surface area contributed by atoms with Crippen LogP contribution in [0, 0.1) is 0 Å². The van der Waals surface area contributed by atoms with Crippen LogP contribution in [0.3, 0.4) is 0 Å². The zero-order chi connectivity index (χ0) is 11.5. The predicted octanol–water partition coefficient (Wildman–Crippen LogP) is 1.78. The van der Waals surface area contributed by atoms with E-state index in [1.807, 2.05) is 0 Å². The molecule has 0 aromatic heterocycles. The second-order valence-corrected chi connectivity index (χ2v) is 3.07. The molecule has 0 aliphatic rings. The van der Waals surface area contributed by atoms with Gasteiger partial charge in [-0.15, -0.1) is 0 Å². The first kappa shape index (κ1) is 11.7. The Hall–Kier alpha value is -1.36. The van der Waals surface area contributed by atoms with Crippen LogP contribution >= 0.6 is 0 Å². The van der Waals surface area contributed by atoms with Crippen LogP contribution in [0.1, 0.15) is 11.1 Å². The largest absolute Gasteiger partial charge is 0.416 e. The van der Waals surface area contributed by atoms with Gasteiger partial charge in [0.1, 0.15) is 0 Å². The summed E-state index contributed by atoms with van der Waals surface area (Å²) in [7, 11) is 0. The molecule has 0 bridgehead atoms. The molecular formula is C10H10F3NO. The Morgan fingerprint density at radius 2 is 1.87 bits per heavy atom. The summed E-state index contributed by atoms with van der Waals surface area (Å²) < 4.78 is 37.4. The van der Waals surface area contributed by atoms with E-state index in [1.54, 1.807) is 0 Å². The van der Waals surface area contributed by atoms with Gasteiger partial charge in [0.15, 0.2) is 5.78 Å². The van der Waals surface area contributed by atoms with Crippen LogP contribution in [0.4, 0.5) is 13.2 Å². The Balaban J connectivity index is 3.02. The van der Waals surface area contributed by atoms with Crippen molar-refractivity contribution in [3.05, 3.63) is 35.4 Å². The van der Waals surface area contributed by atoms with Crippen LogP contribution in [0.2, 0.25) is 0 Å². The molecule has 2 N–H and O–H groups in total. The summed E-state index contributed by atoms with van der Waals surface area (Å²) in [5, 5.41) is 0. The summed E-state index contributed by atoms with van der Waals surface area (Å²) in [5.41, 5.74) is 4.25. The monoisotopic (exact) mass is 217 g/mol. The van der Waals surface area contributed by atoms with E-state index in [-0.39, 0.29) is 18.5 Å². The maximum atomic E-state index is 12.5. The average Bonchev–Trinajstić information content (AvgIpc) is 2.17. The molecule has 82 valence electrons. The predicted molar refractivity (Wildman–Crippen MR) is 49.2 cm³/mol. The number of Topliss-reactive ketones (excluding diaryl/α,β-unsaturated/α-hetero) is 1. The fourth-order valence-corrected chi connectivity index (χ4v) is 1.24. The molecule has 0 atom stereocenters. The SMILES string of the molecule is NCC(=O)Cc1ccccc1C(F)(F)F. The molecule has 0 spiro atoms. The van der Waals surface area contributed by atoms with Crippen molar-refractivity contribution < 1.29 is 18.0 Å². The molecule has 1 rings (SSSR count). The molecule has 0 heterocycles. The van der Waals surface area contributed by atoms with Gasteiger partial charge < -0.3 is 5.73 Å². The Bertz CT molecular complexity index is 360. The molecule has 1 aromatic rings. The molecule has 0 saturated carbocycles. The van der Waals surface area contributed by atoms with E-state index in [0.717, 1.165) is 6.07 Å². The van der Waals surface area contributed by atoms with Gasteiger partial charge in [0.05, 0.1) is 12.1 Å². The highest BCUT2D eigenvalue weighted by Gasteiger charge is 2.33. The van der Waals surface area contributed by atoms with Gasteiger partial charge in [-0.2, -0.15) is 13.2 Å². The summed E-state index contributed by atoms with van der Waals surface area (Å²) in [5.74, 6) is -0.410. The number of halogens is 3. The van der Waals surface area contributed by atoms with Gasteiger partial charge in [0, 0.05) is 6.42 Å². The summed E-state index contributed by atoms with van der Waals surface area (Å²) >= 11 is 0. The van der Waals surface area contributed by atoms with Gasteiger partial charge in [0.25, 0.3) is 0 Å². The van der Waals surface area contributed by atoms with E-state index in [2.05, 4.69) is 0 Å². The van der Waals surface area contributed by atoms with Crippen molar-refractivity contribution >= 4 is 5.78 Å². The maximum Gasteiger partial charge on any atom is 0.416 e. The molecule has 15 heavy (non-hydrogen) atoms. The lowest BCUT2D eigenvalue weighted by Crippen LogP contribution is -2.18. The van der Waals surface area contributed by atoms with Crippen molar-refractivity contribution in [2.75, 3.05) is 6.54 Å². The Morgan fingerprint density at radius 1 is 1.27 bits per heavy atom. The van der Waals surface area contributed by atoms with Gasteiger partial charge >= 0.3 is 6.18 Å². The highest BCUT2D eigenvalue weighted by atomic mass is 19.4. The Kier molecular flexibility index (Phi) is 3.47. The third-order valence-electron chi connectivity index (χ3n) is 1.94. The minimum absolute atomic E-state index is 0.0274. The summed E-state index contributed by atoms with van der Waals surface area (Å²) in [6.45, 7) is -0.244. The second kappa shape index (κ2) is 4.44. The number of hydrogen-bond donors (Lipinski definition) is 1. The Morgan fingerprint density at radius 3 is 2.40 bits per heavy atom. The molecule has 0 aliphatic carbocycles. The minimum Gasteiger partial charge on any atom is -0.324 e. The first-order valence-corrected chi connectivity index (χ1v) is 4.32. The van der Waals surface area contributed by atoms with Gasteiger partial charge in [-0.25, -0.2) is 0 Å². The van der Waals surface area contributed by atoms with Crippen molar-refractivity contribution in [1.29, 1.82) is 0 Å². The van der Waals surface area contributed by atoms with Crippen LogP contribution in [0.25, 0.3) is 0 Å². The fourth-order valence-electron chi connectivity index (χ4n) is 1.24. The normalized spacial score (nSPS) is 11.5. The summed E-state index contributed by atoms with van der Waals surface area (Å²) in [6, 6.07) is 5.00. The van der Waals surface area contributed by atoms with Gasteiger partial charge in [-0.3, -0.25) is 4.79 Å². The zero-order valence-corrected chi connectivity index (χ0v) is 7.84. The summed E-state index contributed by atoms with van der Waals surface area (Å²) in [4.78, 5) is 11.0. The van der Waals surface area contributed by atoms with E-state index in [0.29, 0.717) is 0 Å². The zero-order valence-electron chi connectivity index (χ0n) is 7.84. The number of carbonyl (C=O) groups excluding carboxylic acids is 1. The van der Waals surface area contributed by atoms with Crippen molar-refractivity contribution in [2.24, 2.45) is 5.73 Å². The van der Waals surface area contributed by atoms with Crippen molar-refractivity contribution in [2.45, 2.75) is 12.6 Å². The van der Waals surface area contributed by atoms with E-state index < -0.39 is 17.5 Å². The molecule has 0 aliphatic heterocycles. The first-order valence-electron chi connectivity index (χ1n) is 4.32. The first-order chi connectivity index (χ1) is 6.95. The molecule has 0 amide bonds. The molecule has 0 unspecified atom stereocenters. The molecular weight excluding hydrogens is 207 g/mol. The number of hydrogen-bond acceptors (Lipinski definition) is 2. The molecule has 0 radical (unpaired) electrons. The van der Waals surface area contributed by atoms with Crippen molar-refractivity contribution in [1.82, 2.24) is 0 Å². The molecule has 0 saturated heterocycles. The minimum atomic E-state index is -4.43. The van der Waals surface area contributed by atoms with Crippen LogP contribution in [-0.4, -0.2) is 12.3 Å². The lowest BCUT2D eigenvalue weighted by Gasteiger charge is -2.11. The topological polar surface area (TPSA) is 43.1 Å². The van der Waals surface area contributed by atoms with Crippen molar-refractivity contribution in [3.63, 3.8) is 0 Å². The summed E-state index contributed by atoms with van der Waals surface area (Å²) in [6.07, 6.45) is -4.70. The van der Waals surface area contributed by atoms with Gasteiger partial charge in [0.2, 0.25) is 0 Å². The van der Waals surface area contributed by atoms with Crippen molar-refractivity contribution in [3.8, 4) is 0 Å². The number of carbonyl (C=O) groups is 1. The third kappa shape index (κ3) is 3.06. The van der Waals surface area contributed by atoms with Crippen LogP contribution < -0.4 is 5.73 Å². The third-order valence-corrected chi connectivity index (χ3v) is 1.94. The molecule has 2 nitrogen and oxygen atoms in total. The van der Waals surface area contributed by atoms with Gasteiger partial charge in [-0.1, -0.05) is 18.2 Å². The number of alkyl halides is 3.